The second-order valence-electron chi connectivity index (χ2n) is 4.36. The monoisotopic (exact) mass is 315 g/mol. The third kappa shape index (κ3) is 3.33. The molecule has 0 heterocycles. The number of halogens is 2. The Morgan fingerprint density at radius 1 is 1.27 bits per heavy atom. The number of methoxy groups -OCH3 is 1. The van der Waals surface area contributed by atoms with Gasteiger partial charge in [0.25, 0.3) is 0 Å². The van der Waals surface area contributed by atoms with Gasteiger partial charge in [-0.1, -0.05) is 17.7 Å². The number of nitrogens with zero attached hydrogens (tertiary/aromatic N) is 1. The van der Waals surface area contributed by atoms with Gasteiger partial charge in [0.05, 0.1) is 12.1 Å². The van der Waals surface area contributed by atoms with Gasteiger partial charge >= 0.3 is 0 Å². The van der Waals surface area contributed by atoms with E-state index in [0.717, 1.165) is 6.08 Å². The van der Waals surface area contributed by atoms with E-state index < -0.39 is 11.6 Å². The number of hydrogen-bond acceptors (Lipinski definition) is 3. The summed E-state index contributed by atoms with van der Waals surface area (Å²) in [7, 11) is 1.51. The highest BCUT2D eigenvalue weighted by atomic mass is 35.5. The molecule has 0 atom stereocenters. The van der Waals surface area contributed by atoms with E-state index in [-0.39, 0.29) is 16.2 Å². The molecule has 0 saturated heterocycles. The van der Waals surface area contributed by atoms with Crippen LogP contribution in [0.2, 0.25) is 5.02 Å². The summed E-state index contributed by atoms with van der Waals surface area (Å²) in [6, 6.07) is 12.2. The van der Waals surface area contributed by atoms with Gasteiger partial charge in [0.15, 0.2) is 0 Å². The molecule has 0 unspecified atom stereocenters. The van der Waals surface area contributed by atoms with E-state index in [1.807, 2.05) is 0 Å². The number of allylic oxidation sites excluding steroid dienone is 1. The summed E-state index contributed by atoms with van der Waals surface area (Å²) < 4.78 is 18.8. The van der Waals surface area contributed by atoms with E-state index in [9.17, 15) is 14.4 Å². The Labute approximate surface area is 132 Å². The SMILES string of the molecule is COc1ccc(C(=O)/C(C#N)=C/c2c(F)cccc2Cl)cc1. The molecule has 0 aromatic heterocycles. The number of ether oxygens (including phenoxy) is 1. The van der Waals surface area contributed by atoms with Crippen molar-refractivity contribution in [2.45, 2.75) is 0 Å². The van der Waals surface area contributed by atoms with Crippen LogP contribution in [0, 0.1) is 17.1 Å². The van der Waals surface area contributed by atoms with Crippen LogP contribution in [0.5, 0.6) is 5.75 Å². The van der Waals surface area contributed by atoms with Gasteiger partial charge in [-0.05, 0) is 42.5 Å². The highest BCUT2D eigenvalue weighted by Gasteiger charge is 2.14. The van der Waals surface area contributed by atoms with E-state index >= 15 is 0 Å². The Balaban J connectivity index is 2.41. The minimum atomic E-state index is -0.595. The third-order valence-electron chi connectivity index (χ3n) is 3.01. The second-order valence-corrected chi connectivity index (χ2v) is 4.77. The standard InChI is InChI=1S/C17H11ClFNO2/c1-22-13-7-5-11(6-8-13)17(21)12(10-20)9-14-15(18)3-2-4-16(14)19/h2-9H,1H3/b12-9+. The van der Waals surface area contributed by atoms with E-state index in [1.54, 1.807) is 18.2 Å². The van der Waals surface area contributed by atoms with Gasteiger partial charge in [-0.15, -0.1) is 0 Å². The number of carbonyl (C=O) groups is 1. The van der Waals surface area contributed by atoms with E-state index in [1.165, 1.54) is 37.4 Å². The summed E-state index contributed by atoms with van der Waals surface area (Å²) in [4.78, 5) is 12.3. The molecule has 2 aromatic rings. The average Bonchev–Trinajstić information content (AvgIpc) is 2.54. The van der Waals surface area contributed by atoms with Crippen LogP contribution in [0.4, 0.5) is 4.39 Å². The first kappa shape index (κ1) is 15.7. The first-order valence-corrected chi connectivity index (χ1v) is 6.69. The molecule has 0 radical (unpaired) electrons. The normalized spacial score (nSPS) is 10.9. The van der Waals surface area contributed by atoms with Crippen molar-refractivity contribution in [3.05, 3.63) is 70.0 Å². The van der Waals surface area contributed by atoms with Crippen LogP contribution in [-0.4, -0.2) is 12.9 Å². The molecule has 0 bridgehead atoms. The lowest BCUT2D eigenvalue weighted by Crippen LogP contribution is -2.02. The Bertz CT molecular complexity index is 756. The summed E-state index contributed by atoms with van der Waals surface area (Å²) >= 11 is 5.90. The van der Waals surface area contributed by atoms with E-state index in [0.29, 0.717) is 11.3 Å². The highest BCUT2D eigenvalue weighted by Crippen LogP contribution is 2.23. The molecule has 0 saturated carbocycles. The molecule has 0 aliphatic rings. The minimum Gasteiger partial charge on any atom is -0.497 e. The van der Waals surface area contributed by atoms with Crippen molar-refractivity contribution in [2.75, 3.05) is 7.11 Å². The Morgan fingerprint density at radius 2 is 1.95 bits per heavy atom. The maximum Gasteiger partial charge on any atom is 0.203 e. The Hall–Kier alpha value is -2.64. The maximum atomic E-state index is 13.7. The van der Waals surface area contributed by atoms with Crippen molar-refractivity contribution < 1.29 is 13.9 Å². The maximum absolute atomic E-state index is 13.7. The summed E-state index contributed by atoms with van der Waals surface area (Å²) in [5.74, 6) is -0.511. The molecule has 0 amide bonds. The topological polar surface area (TPSA) is 50.1 Å². The molecule has 0 spiro atoms. The molecule has 2 rings (SSSR count). The molecule has 0 aliphatic carbocycles. The Kier molecular flexibility index (Phi) is 4.92. The summed E-state index contributed by atoms with van der Waals surface area (Å²) in [5.41, 5.74) is 0.126. The van der Waals surface area contributed by atoms with Crippen LogP contribution in [-0.2, 0) is 0 Å². The van der Waals surface area contributed by atoms with Crippen molar-refractivity contribution in [1.29, 1.82) is 5.26 Å². The molecular weight excluding hydrogens is 305 g/mol. The third-order valence-corrected chi connectivity index (χ3v) is 3.34. The van der Waals surface area contributed by atoms with Gasteiger partial charge in [-0.25, -0.2) is 4.39 Å². The van der Waals surface area contributed by atoms with E-state index in [2.05, 4.69) is 0 Å². The predicted octanol–water partition coefficient (Wildman–Crippen LogP) is 4.28. The van der Waals surface area contributed by atoms with Crippen molar-refractivity contribution in [2.24, 2.45) is 0 Å². The molecule has 22 heavy (non-hydrogen) atoms. The van der Waals surface area contributed by atoms with Gasteiger partial charge in [-0.3, -0.25) is 4.79 Å². The fourth-order valence-electron chi connectivity index (χ4n) is 1.84. The molecule has 0 N–H and O–H groups in total. The number of benzene rings is 2. The zero-order valence-electron chi connectivity index (χ0n) is 11.6. The van der Waals surface area contributed by atoms with Gasteiger partial charge in [0, 0.05) is 11.1 Å². The van der Waals surface area contributed by atoms with E-state index in [4.69, 9.17) is 16.3 Å². The van der Waals surface area contributed by atoms with Gasteiger partial charge in [0.2, 0.25) is 5.78 Å². The van der Waals surface area contributed by atoms with Crippen molar-refractivity contribution in [3.63, 3.8) is 0 Å². The number of carbonyl (C=O) groups excluding carboxylic acids is 1. The summed E-state index contributed by atoms with van der Waals surface area (Å²) in [6.45, 7) is 0. The van der Waals surface area contributed by atoms with Crippen molar-refractivity contribution in [3.8, 4) is 11.8 Å². The van der Waals surface area contributed by atoms with Crippen LogP contribution >= 0.6 is 11.6 Å². The van der Waals surface area contributed by atoms with Gasteiger partial charge in [0.1, 0.15) is 23.2 Å². The number of nitriles is 1. The van der Waals surface area contributed by atoms with Crippen LogP contribution in [0.25, 0.3) is 6.08 Å². The highest BCUT2D eigenvalue weighted by molar-refractivity contribution is 6.32. The molecule has 110 valence electrons. The number of ketones is 1. The summed E-state index contributed by atoms with van der Waals surface area (Å²) in [6.07, 6.45) is 1.16. The lowest BCUT2D eigenvalue weighted by Gasteiger charge is -2.04. The Morgan fingerprint density at radius 3 is 2.50 bits per heavy atom. The largest absolute Gasteiger partial charge is 0.497 e. The second kappa shape index (κ2) is 6.88. The van der Waals surface area contributed by atoms with Crippen molar-refractivity contribution >= 4 is 23.5 Å². The van der Waals surface area contributed by atoms with Crippen LogP contribution in [0.3, 0.4) is 0 Å². The van der Waals surface area contributed by atoms with Gasteiger partial charge in [-0.2, -0.15) is 5.26 Å². The molecule has 0 fully saturated rings. The molecule has 2 aromatic carbocycles. The molecular formula is C17H11ClFNO2. The predicted molar refractivity (Wildman–Crippen MR) is 82.3 cm³/mol. The smallest absolute Gasteiger partial charge is 0.203 e. The quantitative estimate of drug-likeness (QED) is 0.481. The van der Waals surface area contributed by atoms with Crippen molar-refractivity contribution in [1.82, 2.24) is 0 Å². The number of hydrogen-bond donors (Lipinski definition) is 0. The fraction of sp³-hybridized carbons (Fsp3) is 0.0588. The fourth-order valence-corrected chi connectivity index (χ4v) is 2.06. The molecule has 0 aliphatic heterocycles. The minimum absolute atomic E-state index is 0.0163. The zero-order valence-corrected chi connectivity index (χ0v) is 12.4. The zero-order chi connectivity index (χ0) is 16.1. The number of Topliss-reactive ketones (excluding diaryl/α,β-unsaturated/α-hetero) is 1. The number of rotatable bonds is 4. The van der Waals surface area contributed by atoms with Crippen LogP contribution < -0.4 is 4.74 Å². The molecule has 3 nitrogen and oxygen atoms in total. The lowest BCUT2D eigenvalue weighted by molar-refractivity contribution is 0.104. The van der Waals surface area contributed by atoms with Crippen LogP contribution in [0.15, 0.2) is 48.0 Å². The average molecular weight is 316 g/mol. The summed E-state index contributed by atoms with van der Waals surface area (Å²) in [5, 5.41) is 9.31. The van der Waals surface area contributed by atoms with Crippen LogP contribution in [0.1, 0.15) is 15.9 Å². The first-order valence-electron chi connectivity index (χ1n) is 6.31. The lowest BCUT2D eigenvalue weighted by atomic mass is 10.0. The van der Waals surface area contributed by atoms with Gasteiger partial charge < -0.3 is 4.74 Å². The molecule has 5 heteroatoms. The first-order chi connectivity index (χ1) is 10.6.